The van der Waals surface area contributed by atoms with Crippen LogP contribution in [0, 0.1) is 13.8 Å². The zero-order chi connectivity index (χ0) is 17.3. The van der Waals surface area contributed by atoms with Gasteiger partial charge in [0, 0.05) is 12.5 Å². The molecule has 1 amide bonds. The van der Waals surface area contributed by atoms with Crippen molar-refractivity contribution in [2.75, 3.05) is 5.32 Å². The topological polar surface area (TPSA) is 85.1 Å². The van der Waals surface area contributed by atoms with Crippen molar-refractivity contribution in [3.63, 3.8) is 0 Å². The highest BCUT2D eigenvalue weighted by Gasteiger charge is 2.16. The number of benzene rings is 1. The lowest BCUT2D eigenvalue weighted by Gasteiger charge is -2.05. The Morgan fingerprint density at radius 1 is 1.25 bits per heavy atom. The monoisotopic (exact) mass is 343 g/mol. The molecule has 3 rings (SSSR count). The van der Waals surface area contributed by atoms with E-state index in [9.17, 15) is 9.59 Å². The Morgan fingerprint density at radius 3 is 2.79 bits per heavy atom. The number of amides is 1. The molecule has 0 unspecified atom stereocenters. The number of rotatable bonds is 4. The van der Waals surface area contributed by atoms with Gasteiger partial charge in [0.2, 0.25) is 5.13 Å². The molecule has 0 saturated heterocycles. The van der Waals surface area contributed by atoms with Crippen molar-refractivity contribution in [3.8, 4) is 0 Å². The highest BCUT2D eigenvalue weighted by molar-refractivity contribution is 7.15. The zero-order valence-electron chi connectivity index (χ0n) is 13.7. The Hall–Kier alpha value is -2.54. The molecule has 0 radical (unpaired) electrons. The molecular formula is C17H17N3O3S. The van der Waals surface area contributed by atoms with Crippen LogP contribution in [-0.2, 0) is 6.42 Å². The molecule has 0 saturated carbocycles. The summed E-state index contributed by atoms with van der Waals surface area (Å²) in [5.41, 5.74) is 1.98. The molecule has 3 aromatic rings. The van der Waals surface area contributed by atoms with Crippen LogP contribution in [-0.4, -0.2) is 16.1 Å². The predicted molar refractivity (Wildman–Crippen MR) is 93.8 cm³/mol. The van der Waals surface area contributed by atoms with Crippen LogP contribution in [0.15, 0.2) is 27.4 Å². The molecule has 124 valence electrons. The lowest BCUT2D eigenvalue weighted by Crippen LogP contribution is -2.15. The highest BCUT2D eigenvalue weighted by atomic mass is 32.1. The Kier molecular flexibility index (Phi) is 4.44. The minimum Gasteiger partial charge on any atom is -0.451 e. The second-order valence-electron chi connectivity index (χ2n) is 5.63. The molecular weight excluding hydrogens is 326 g/mol. The van der Waals surface area contributed by atoms with E-state index in [0.29, 0.717) is 16.1 Å². The first kappa shape index (κ1) is 16.3. The Morgan fingerprint density at radius 2 is 2.04 bits per heavy atom. The highest BCUT2D eigenvalue weighted by Crippen LogP contribution is 2.20. The van der Waals surface area contributed by atoms with Crippen molar-refractivity contribution < 1.29 is 9.21 Å². The van der Waals surface area contributed by atoms with Crippen LogP contribution in [0.4, 0.5) is 5.13 Å². The van der Waals surface area contributed by atoms with Crippen molar-refractivity contribution in [2.24, 2.45) is 0 Å². The van der Waals surface area contributed by atoms with Crippen molar-refractivity contribution in [3.05, 3.63) is 50.3 Å². The summed E-state index contributed by atoms with van der Waals surface area (Å²) < 4.78 is 5.64. The molecule has 0 atom stereocenters. The number of nitrogens with zero attached hydrogens (tertiary/aromatic N) is 2. The largest absolute Gasteiger partial charge is 0.451 e. The average Bonchev–Trinajstić information content (AvgIpc) is 2.93. The van der Waals surface area contributed by atoms with E-state index in [1.54, 1.807) is 6.07 Å². The molecule has 0 aliphatic heterocycles. The third-order valence-corrected chi connectivity index (χ3v) is 4.45. The molecule has 6 nitrogen and oxygen atoms in total. The van der Waals surface area contributed by atoms with Crippen LogP contribution < -0.4 is 10.7 Å². The van der Waals surface area contributed by atoms with E-state index in [0.717, 1.165) is 29.0 Å². The molecule has 0 aliphatic rings. The third-order valence-electron chi connectivity index (χ3n) is 3.55. The number of nitrogens with one attached hydrogen (secondary N) is 1. The first-order valence-corrected chi connectivity index (χ1v) is 8.48. The first-order chi connectivity index (χ1) is 11.5. The normalized spacial score (nSPS) is 11.0. The van der Waals surface area contributed by atoms with Gasteiger partial charge in [-0.3, -0.25) is 14.9 Å². The summed E-state index contributed by atoms with van der Waals surface area (Å²) in [7, 11) is 0. The molecule has 0 bridgehead atoms. The maximum absolute atomic E-state index is 12.3. The van der Waals surface area contributed by atoms with E-state index < -0.39 is 5.91 Å². The molecule has 2 aromatic heterocycles. The Balaban J connectivity index is 1.93. The minimum absolute atomic E-state index is 0.0373. The number of hydrogen-bond donors (Lipinski definition) is 1. The van der Waals surface area contributed by atoms with E-state index in [2.05, 4.69) is 15.5 Å². The van der Waals surface area contributed by atoms with Gasteiger partial charge in [-0.25, -0.2) is 0 Å². The van der Waals surface area contributed by atoms with Crippen molar-refractivity contribution in [1.82, 2.24) is 10.2 Å². The number of aryl methyl sites for hydroxylation is 3. The van der Waals surface area contributed by atoms with Crippen molar-refractivity contribution in [1.29, 1.82) is 0 Å². The van der Waals surface area contributed by atoms with E-state index in [1.165, 1.54) is 17.4 Å². The van der Waals surface area contributed by atoms with E-state index in [1.807, 2.05) is 26.8 Å². The number of carbonyl (C=O) groups is 1. The van der Waals surface area contributed by atoms with Gasteiger partial charge >= 0.3 is 0 Å². The predicted octanol–water partition coefficient (Wildman–Crippen LogP) is 3.47. The van der Waals surface area contributed by atoms with Gasteiger partial charge < -0.3 is 4.42 Å². The van der Waals surface area contributed by atoms with Crippen LogP contribution in [0.5, 0.6) is 0 Å². The van der Waals surface area contributed by atoms with Gasteiger partial charge in [-0.2, -0.15) is 0 Å². The number of carbonyl (C=O) groups excluding carboxylic acids is 1. The quantitative estimate of drug-likeness (QED) is 0.784. The summed E-state index contributed by atoms with van der Waals surface area (Å²) in [5.74, 6) is -0.544. The number of fused-ring (bicyclic) bond motifs is 1. The van der Waals surface area contributed by atoms with Gasteiger partial charge in [-0.1, -0.05) is 24.3 Å². The van der Waals surface area contributed by atoms with Crippen LogP contribution in [0.3, 0.4) is 0 Å². The maximum Gasteiger partial charge on any atom is 0.293 e. The summed E-state index contributed by atoms with van der Waals surface area (Å²) in [5, 5.41) is 12.3. The molecule has 0 aliphatic carbocycles. The van der Waals surface area contributed by atoms with Crippen molar-refractivity contribution in [2.45, 2.75) is 33.6 Å². The minimum atomic E-state index is -0.507. The van der Waals surface area contributed by atoms with Crippen LogP contribution in [0.1, 0.15) is 40.0 Å². The number of aromatic nitrogens is 2. The van der Waals surface area contributed by atoms with E-state index in [4.69, 9.17) is 4.42 Å². The zero-order valence-corrected chi connectivity index (χ0v) is 14.5. The fourth-order valence-electron chi connectivity index (χ4n) is 2.55. The van der Waals surface area contributed by atoms with Gasteiger partial charge in [-0.05, 0) is 37.5 Å². The fraction of sp³-hybridized carbons (Fsp3) is 0.294. The lowest BCUT2D eigenvalue weighted by molar-refractivity contribution is 0.0997. The molecule has 2 heterocycles. The van der Waals surface area contributed by atoms with Gasteiger partial charge in [0.15, 0.2) is 11.2 Å². The standard InChI is InChI=1S/C17H17N3O3S/c1-4-5-14-19-20-17(24-14)18-16(22)13-8-11(21)15-10(3)6-9(2)7-12(15)23-13/h6-8H,4-5H2,1-3H3,(H,18,20,22). The molecule has 1 aromatic carbocycles. The fourth-order valence-corrected chi connectivity index (χ4v) is 3.39. The SMILES string of the molecule is CCCc1nnc(NC(=O)c2cc(=O)c3c(C)cc(C)cc3o2)s1. The maximum atomic E-state index is 12.3. The first-order valence-electron chi connectivity index (χ1n) is 7.66. The average molecular weight is 343 g/mol. The smallest absolute Gasteiger partial charge is 0.293 e. The Bertz CT molecular complexity index is 975. The molecule has 7 heteroatoms. The summed E-state index contributed by atoms with van der Waals surface area (Å²) >= 11 is 1.32. The second kappa shape index (κ2) is 6.52. The summed E-state index contributed by atoms with van der Waals surface area (Å²) in [6.07, 6.45) is 1.78. The second-order valence-corrected chi connectivity index (χ2v) is 6.70. The van der Waals surface area contributed by atoms with E-state index in [-0.39, 0.29) is 11.2 Å². The van der Waals surface area contributed by atoms with E-state index >= 15 is 0 Å². The summed E-state index contributed by atoms with van der Waals surface area (Å²) in [4.78, 5) is 24.7. The molecule has 24 heavy (non-hydrogen) atoms. The summed E-state index contributed by atoms with van der Waals surface area (Å²) in [6, 6.07) is 4.88. The van der Waals surface area contributed by atoms with Gasteiger partial charge in [0.05, 0.1) is 5.39 Å². The van der Waals surface area contributed by atoms with Gasteiger partial charge in [0.25, 0.3) is 5.91 Å². The number of anilines is 1. The van der Waals surface area contributed by atoms with Gasteiger partial charge in [-0.15, -0.1) is 10.2 Å². The van der Waals surface area contributed by atoms with Crippen LogP contribution >= 0.6 is 11.3 Å². The van der Waals surface area contributed by atoms with Gasteiger partial charge in [0.1, 0.15) is 10.6 Å². The molecule has 1 N–H and O–H groups in total. The summed E-state index contributed by atoms with van der Waals surface area (Å²) in [6.45, 7) is 5.81. The number of hydrogen-bond acceptors (Lipinski definition) is 6. The van der Waals surface area contributed by atoms with Crippen LogP contribution in [0.2, 0.25) is 0 Å². The van der Waals surface area contributed by atoms with Crippen LogP contribution in [0.25, 0.3) is 11.0 Å². The third kappa shape index (κ3) is 3.21. The molecule has 0 fully saturated rings. The lowest BCUT2D eigenvalue weighted by atomic mass is 10.1. The molecule has 0 spiro atoms. The van der Waals surface area contributed by atoms with Crippen molar-refractivity contribution >= 4 is 33.3 Å². The Labute approximate surface area is 142 Å².